The standard InChI is InChI=1S/C10H12N2/c1-7-3-4-9-10(5-7)11-6-8(2)12-9/h4-7H,3H2,1-2H3. The minimum absolute atomic E-state index is 0.606. The van der Waals surface area contributed by atoms with E-state index in [2.05, 4.69) is 29.0 Å². The third kappa shape index (κ3) is 1.24. The monoisotopic (exact) mass is 160 g/mol. The normalized spacial score (nSPS) is 20.7. The summed E-state index contributed by atoms with van der Waals surface area (Å²) in [6.07, 6.45) is 7.26. The fourth-order valence-electron chi connectivity index (χ4n) is 1.42. The third-order valence-electron chi connectivity index (χ3n) is 2.08. The van der Waals surface area contributed by atoms with Crippen molar-refractivity contribution in [3.8, 4) is 0 Å². The molecule has 1 aromatic rings. The maximum Gasteiger partial charge on any atom is 0.0847 e. The molecule has 0 spiro atoms. The molecular formula is C10H12N2. The maximum atomic E-state index is 4.40. The second kappa shape index (κ2) is 2.70. The molecule has 0 aromatic carbocycles. The van der Waals surface area contributed by atoms with Gasteiger partial charge < -0.3 is 0 Å². The zero-order valence-electron chi connectivity index (χ0n) is 7.41. The van der Waals surface area contributed by atoms with Crippen LogP contribution in [0.5, 0.6) is 0 Å². The van der Waals surface area contributed by atoms with Crippen LogP contribution in [0.3, 0.4) is 0 Å². The Hall–Kier alpha value is -1.18. The molecule has 0 bridgehead atoms. The molecule has 0 saturated heterocycles. The molecule has 0 aliphatic heterocycles. The molecule has 1 atom stereocenters. The van der Waals surface area contributed by atoms with Crippen LogP contribution in [0.1, 0.15) is 19.0 Å². The van der Waals surface area contributed by atoms with Gasteiger partial charge >= 0.3 is 0 Å². The topological polar surface area (TPSA) is 25.8 Å². The van der Waals surface area contributed by atoms with Crippen molar-refractivity contribution in [2.24, 2.45) is 5.92 Å². The van der Waals surface area contributed by atoms with Gasteiger partial charge in [-0.1, -0.05) is 19.1 Å². The van der Waals surface area contributed by atoms with Gasteiger partial charge in [0.1, 0.15) is 0 Å². The molecule has 0 N–H and O–H groups in total. The molecule has 1 aromatic heterocycles. The molecule has 12 heavy (non-hydrogen) atoms. The number of nitrogens with zero attached hydrogens (tertiary/aromatic N) is 2. The van der Waals surface area contributed by atoms with Gasteiger partial charge in [0.25, 0.3) is 0 Å². The van der Waals surface area contributed by atoms with Crippen molar-refractivity contribution in [1.82, 2.24) is 9.97 Å². The average molecular weight is 160 g/mol. The van der Waals surface area contributed by atoms with Gasteiger partial charge in [0, 0.05) is 6.20 Å². The van der Waals surface area contributed by atoms with E-state index in [1.54, 1.807) is 0 Å². The Balaban J connectivity index is 2.71. The minimum Gasteiger partial charge on any atom is -0.253 e. The van der Waals surface area contributed by atoms with Crippen molar-refractivity contribution < 1.29 is 0 Å². The van der Waals surface area contributed by atoms with Crippen molar-refractivity contribution in [3.05, 3.63) is 22.6 Å². The van der Waals surface area contributed by atoms with E-state index in [4.69, 9.17) is 0 Å². The first-order valence-corrected chi connectivity index (χ1v) is 4.27. The Bertz CT molecular complexity index is 406. The molecule has 2 rings (SSSR count). The minimum atomic E-state index is 0.606. The molecule has 0 amide bonds. The summed E-state index contributed by atoms with van der Waals surface area (Å²) in [5, 5.41) is 2.09. The molecule has 62 valence electrons. The van der Waals surface area contributed by atoms with Gasteiger partial charge in [-0.05, 0) is 19.3 Å². The first-order chi connectivity index (χ1) is 5.75. The van der Waals surface area contributed by atoms with Gasteiger partial charge in [0.15, 0.2) is 0 Å². The van der Waals surface area contributed by atoms with Crippen molar-refractivity contribution in [3.63, 3.8) is 0 Å². The Morgan fingerprint density at radius 2 is 2.25 bits per heavy atom. The van der Waals surface area contributed by atoms with Crippen LogP contribution in [0.2, 0.25) is 0 Å². The van der Waals surface area contributed by atoms with E-state index in [-0.39, 0.29) is 0 Å². The fourth-order valence-corrected chi connectivity index (χ4v) is 1.42. The van der Waals surface area contributed by atoms with E-state index in [1.165, 1.54) is 0 Å². The molecular weight excluding hydrogens is 148 g/mol. The van der Waals surface area contributed by atoms with Gasteiger partial charge in [-0.2, -0.15) is 0 Å². The average Bonchev–Trinajstić information content (AvgIpc) is 2.05. The summed E-state index contributed by atoms with van der Waals surface area (Å²) in [5.41, 5.74) is 0.993. The molecule has 1 aliphatic carbocycles. The van der Waals surface area contributed by atoms with Crippen LogP contribution in [0, 0.1) is 12.8 Å². The fraction of sp³-hybridized carbons (Fsp3) is 0.400. The van der Waals surface area contributed by atoms with Gasteiger partial charge in [-0.25, -0.2) is 0 Å². The van der Waals surface area contributed by atoms with E-state index >= 15 is 0 Å². The predicted octanol–water partition coefficient (Wildman–Crippen LogP) is 0.386. The van der Waals surface area contributed by atoms with Crippen LogP contribution in [-0.4, -0.2) is 9.97 Å². The lowest BCUT2D eigenvalue weighted by Gasteiger charge is -2.05. The summed E-state index contributed by atoms with van der Waals surface area (Å²) in [7, 11) is 0. The number of aromatic nitrogens is 2. The first kappa shape index (κ1) is 7.47. The van der Waals surface area contributed by atoms with E-state index in [1.807, 2.05) is 13.1 Å². The lowest BCUT2D eigenvalue weighted by molar-refractivity contribution is 0.786. The van der Waals surface area contributed by atoms with E-state index < -0.39 is 0 Å². The molecule has 2 nitrogen and oxygen atoms in total. The zero-order chi connectivity index (χ0) is 8.55. The summed E-state index contributed by atoms with van der Waals surface area (Å²) in [4.78, 5) is 8.72. The third-order valence-corrected chi connectivity index (χ3v) is 2.08. The van der Waals surface area contributed by atoms with E-state index in [0.29, 0.717) is 5.92 Å². The van der Waals surface area contributed by atoms with Gasteiger partial charge in [0.05, 0.1) is 16.4 Å². The number of hydrogen-bond acceptors (Lipinski definition) is 2. The number of rotatable bonds is 0. The van der Waals surface area contributed by atoms with Crippen LogP contribution in [0.15, 0.2) is 6.20 Å². The summed E-state index contributed by atoms with van der Waals surface area (Å²) >= 11 is 0. The van der Waals surface area contributed by atoms with Crippen molar-refractivity contribution in [2.75, 3.05) is 0 Å². The Kier molecular flexibility index (Phi) is 1.68. The highest BCUT2D eigenvalue weighted by molar-refractivity contribution is 5.35. The lowest BCUT2D eigenvalue weighted by atomic mass is 10.0. The Morgan fingerprint density at radius 1 is 1.42 bits per heavy atom. The first-order valence-electron chi connectivity index (χ1n) is 4.27. The second-order valence-electron chi connectivity index (χ2n) is 3.37. The summed E-state index contributed by atoms with van der Waals surface area (Å²) in [6.45, 7) is 4.17. The molecule has 0 radical (unpaired) electrons. The Morgan fingerprint density at radius 3 is 3.08 bits per heavy atom. The predicted molar refractivity (Wildman–Crippen MR) is 48.7 cm³/mol. The van der Waals surface area contributed by atoms with Crippen molar-refractivity contribution in [2.45, 2.75) is 20.3 Å². The molecule has 1 heterocycles. The van der Waals surface area contributed by atoms with Crippen molar-refractivity contribution in [1.29, 1.82) is 0 Å². The summed E-state index contributed by atoms with van der Waals surface area (Å²) < 4.78 is 0. The highest BCUT2D eigenvalue weighted by Gasteiger charge is 2.02. The van der Waals surface area contributed by atoms with Crippen LogP contribution >= 0.6 is 0 Å². The quantitative estimate of drug-likeness (QED) is 0.548. The van der Waals surface area contributed by atoms with E-state index in [9.17, 15) is 0 Å². The van der Waals surface area contributed by atoms with Crippen LogP contribution in [0.4, 0.5) is 0 Å². The van der Waals surface area contributed by atoms with Gasteiger partial charge in [0.2, 0.25) is 0 Å². The number of fused-ring (bicyclic) bond motifs is 1. The molecule has 0 saturated carbocycles. The highest BCUT2D eigenvalue weighted by atomic mass is 14.8. The molecule has 2 heteroatoms. The lowest BCUT2D eigenvalue weighted by Crippen LogP contribution is -2.34. The van der Waals surface area contributed by atoms with Gasteiger partial charge in [-0.3, -0.25) is 9.97 Å². The Labute approximate surface area is 71.7 Å². The largest absolute Gasteiger partial charge is 0.253 e. The maximum absolute atomic E-state index is 4.40. The van der Waals surface area contributed by atoms with Crippen LogP contribution in [0.25, 0.3) is 12.2 Å². The molecule has 1 unspecified atom stereocenters. The van der Waals surface area contributed by atoms with Gasteiger partial charge in [-0.15, -0.1) is 0 Å². The highest BCUT2D eigenvalue weighted by Crippen LogP contribution is 2.04. The smallest absolute Gasteiger partial charge is 0.0847 e. The molecule has 1 aliphatic rings. The number of hydrogen-bond donors (Lipinski definition) is 0. The molecule has 0 fully saturated rings. The van der Waals surface area contributed by atoms with Crippen LogP contribution < -0.4 is 10.7 Å². The summed E-state index contributed by atoms with van der Waals surface area (Å²) in [5.74, 6) is 0.606. The van der Waals surface area contributed by atoms with Crippen molar-refractivity contribution >= 4 is 12.2 Å². The van der Waals surface area contributed by atoms with E-state index in [0.717, 1.165) is 22.8 Å². The SMILES string of the molecule is Cc1cnc2c(n1)=CCC(C)C=2. The second-order valence-corrected chi connectivity index (χ2v) is 3.37. The number of aryl methyl sites for hydroxylation is 1. The van der Waals surface area contributed by atoms with Crippen LogP contribution in [-0.2, 0) is 0 Å². The summed E-state index contributed by atoms with van der Waals surface area (Å²) in [6, 6.07) is 0. The zero-order valence-corrected chi connectivity index (χ0v) is 7.41.